The molecule has 0 spiro atoms. The quantitative estimate of drug-likeness (QED) is 0.904. The van der Waals surface area contributed by atoms with Crippen LogP contribution in [0, 0.1) is 11.3 Å². The molecule has 2 atom stereocenters. The molecule has 2 rings (SSSR count). The van der Waals surface area contributed by atoms with E-state index in [-0.39, 0.29) is 30.1 Å². The number of halogens is 3. The number of anilines is 1. The molecule has 0 radical (unpaired) electrons. The third kappa shape index (κ3) is 4.32. The molecule has 22 heavy (non-hydrogen) atoms. The van der Waals surface area contributed by atoms with Gasteiger partial charge in [-0.25, -0.2) is 4.98 Å². The van der Waals surface area contributed by atoms with Crippen molar-refractivity contribution >= 4 is 5.82 Å². The zero-order chi connectivity index (χ0) is 16.2. The van der Waals surface area contributed by atoms with Crippen LogP contribution in [-0.4, -0.2) is 37.0 Å². The van der Waals surface area contributed by atoms with Crippen molar-refractivity contribution in [3.63, 3.8) is 0 Å². The first kappa shape index (κ1) is 16.5. The van der Waals surface area contributed by atoms with E-state index in [1.165, 1.54) is 0 Å². The highest BCUT2D eigenvalue weighted by Gasteiger charge is 2.33. The summed E-state index contributed by atoms with van der Waals surface area (Å²) in [5, 5.41) is 11.8. The van der Waals surface area contributed by atoms with Crippen LogP contribution in [0.1, 0.15) is 24.6 Å². The molecule has 1 aliphatic rings. The zero-order valence-corrected chi connectivity index (χ0v) is 12.0. The lowest BCUT2D eigenvalue weighted by Gasteiger charge is -2.18. The van der Waals surface area contributed by atoms with Crippen molar-refractivity contribution in [2.75, 3.05) is 25.1 Å². The Labute approximate surface area is 126 Å². The second kappa shape index (κ2) is 6.94. The Morgan fingerprint density at radius 1 is 1.55 bits per heavy atom. The molecule has 1 fully saturated rings. The third-order valence-electron chi connectivity index (χ3n) is 3.16. The van der Waals surface area contributed by atoms with Gasteiger partial charge in [0.2, 0.25) is 0 Å². The summed E-state index contributed by atoms with van der Waals surface area (Å²) in [5.41, 5.74) is -0.977. The van der Waals surface area contributed by atoms with Gasteiger partial charge in [0.15, 0.2) is 0 Å². The lowest BCUT2D eigenvalue weighted by atomic mass is 10.2. The second-order valence-corrected chi connectivity index (χ2v) is 5.07. The predicted octanol–water partition coefficient (Wildman–Crippen LogP) is 2.58. The maximum atomic E-state index is 12.7. The topological polar surface area (TPSA) is 67.2 Å². The molecule has 1 saturated heterocycles. The molecule has 2 heterocycles. The van der Waals surface area contributed by atoms with Gasteiger partial charge in [-0.2, -0.15) is 18.4 Å². The van der Waals surface area contributed by atoms with Gasteiger partial charge in [-0.05, 0) is 25.5 Å². The first-order valence-corrected chi connectivity index (χ1v) is 6.84. The fourth-order valence-electron chi connectivity index (χ4n) is 2.02. The van der Waals surface area contributed by atoms with Gasteiger partial charge in [-0.3, -0.25) is 0 Å². The average Bonchev–Trinajstić information content (AvgIpc) is 2.97. The molecule has 0 amide bonds. The Balaban J connectivity index is 2.01. The molecular formula is C14H16F3N3O2. The Morgan fingerprint density at radius 2 is 2.32 bits per heavy atom. The minimum Gasteiger partial charge on any atom is -0.379 e. The summed E-state index contributed by atoms with van der Waals surface area (Å²) in [5.74, 6) is -0.0869. The molecule has 1 aliphatic heterocycles. The summed E-state index contributed by atoms with van der Waals surface area (Å²) in [7, 11) is 0. The highest BCUT2D eigenvalue weighted by atomic mass is 19.4. The highest BCUT2D eigenvalue weighted by molar-refractivity contribution is 5.53. The van der Waals surface area contributed by atoms with Gasteiger partial charge < -0.3 is 14.8 Å². The van der Waals surface area contributed by atoms with Gasteiger partial charge in [0.1, 0.15) is 17.6 Å². The smallest absolute Gasteiger partial charge is 0.379 e. The first-order chi connectivity index (χ1) is 10.4. The fraction of sp³-hybridized carbons (Fsp3) is 0.571. The van der Waals surface area contributed by atoms with E-state index >= 15 is 0 Å². The molecule has 0 aromatic carbocycles. The second-order valence-electron chi connectivity index (χ2n) is 5.07. The van der Waals surface area contributed by atoms with E-state index in [0.717, 1.165) is 18.6 Å². The number of nitrogens with one attached hydrogen (secondary N) is 1. The van der Waals surface area contributed by atoms with Crippen LogP contribution in [0.25, 0.3) is 0 Å². The van der Waals surface area contributed by atoms with Crippen LogP contribution in [0.4, 0.5) is 19.0 Å². The number of rotatable bonds is 5. The van der Waals surface area contributed by atoms with Gasteiger partial charge >= 0.3 is 6.18 Å². The van der Waals surface area contributed by atoms with Gasteiger partial charge in [0.05, 0.1) is 24.9 Å². The fourth-order valence-corrected chi connectivity index (χ4v) is 2.02. The minimum atomic E-state index is -4.55. The van der Waals surface area contributed by atoms with E-state index < -0.39 is 11.9 Å². The molecule has 0 bridgehead atoms. The number of hydrogen-bond donors (Lipinski definition) is 1. The predicted molar refractivity (Wildman–Crippen MR) is 72.2 cm³/mol. The van der Waals surface area contributed by atoms with Crippen molar-refractivity contribution in [1.82, 2.24) is 4.98 Å². The number of nitrogens with zero attached hydrogens (tertiary/aromatic N) is 2. The molecule has 5 nitrogen and oxygen atoms in total. The maximum absolute atomic E-state index is 12.7. The maximum Gasteiger partial charge on any atom is 0.433 e. The Bertz CT molecular complexity index is 551. The van der Waals surface area contributed by atoms with Crippen LogP contribution in [0.5, 0.6) is 0 Å². The standard InChI is InChI=1S/C14H16F3N3O2/c1-9(7-22-11-4-5-21-8-11)19-13-10(6-18)2-3-12(20-13)14(15,16)17/h2-3,9,11H,4-5,7-8H2,1H3,(H,19,20). The normalized spacial score (nSPS) is 19.7. The Hall–Kier alpha value is -1.85. The average molecular weight is 315 g/mol. The van der Waals surface area contributed by atoms with Crippen molar-refractivity contribution < 1.29 is 22.6 Å². The van der Waals surface area contributed by atoms with Crippen LogP contribution in [0.2, 0.25) is 0 Å². The first-order valence-electron chi connectivity index (χ1n) is 6.84. The molecule has 1 N–H and O–H groups in total. The van der Waals surface area contributed by atoms with E-state index in [2.05, 4.69) is 10.3 Å². The lowest BCUT2D eigenvalue weighted by Crippen LogP contribution is -2.27. The molecule has 8 heteroatoms. The van der Waals surface area contributed by atoms with Crippen molar-refractivity contribution in [3.8, 4) is 6.07 Å². The van der Waals surface area contributed by atoms with E-state index in [1.54, 1.807) is 6.92 Å². The summed E-state index contributed by atoms with van der Waals surface area (Å²) < 4.78 is 48.8. The Morgan fingerprint density at radius 3 is 2.91 bits per heavy atom. The van der Waals surface area contributed by atoms with Crippen LogP contribution >= 0.6 is 0 Å². The van der Waals surface area contributed by atoms with Crippen molar-refractivity contribution in [1.29, 1.82) is 5.26 Å². The van der Waals surface area contributed by atoms with Crippen molar-refractivity contribution in [2.24, 2.45) is 0 Å². The summed E-state index contributed by atoms with van der Waals surface area (Å²) in [6.07, 6.45) is -3.74. The molecule has 0 aliphatic carbocycles. The van der Waals surface area contributed by atoms with Gasteiger partial charge in [0, 0.05) is 12.6 Å². The van der Waals surface area contributed by atoms with E-state index in [4.69, 9.17) is 14.7 Å². The number of ether oxygens (including phenoxy) is 2. The number of hydrogen-bond acceptors (Lipinski definition) is 5. The van der Waals surface area contributed by atoms with E-state index in [0.29, 0.717) is 13.2 Å². The minimum absolute atomic E-state index is 0.00848. The zero-order valence-electron chi connectivity index (χ0n) is 12.0. The van der Waals surface area contributed by atoms with Crippen LogP contribution in [0.3, 0.4) is 0 Å². The summed E-state index contributed by atoms with van der Waals surface area (Å²) in [6.45, 7) is 3.22. The lowest BCUT2D eigenvalue weighted by molar-refractivity contribution is -0.141. The highest BCUT2D eigenvalue weighted by Crippen LogP contribution is 2.29. The monoisotopic (exact) mass is 315 g/mol. The Kier molecular flexibility index (Phi) is 5.21. The van der Waals surface area contributed by atoms with Crippen LogP contribution in [0.15, 0.2) is 12.1 Å². The van der Waals surface area contributed by atoms with E-state index in [1.807, 2.05) is 6.07 Å². The third-order valence-corrected chi connectivity index (χ3v) is 3.16. The molecule has 2 unspecified atom stereocenters. The van der Waals surface area contributed by atoms with Gasteiger partial charge in [0.25, 0.3) is 0 Å². The molecular weight excluding hydrogens is 299 g/mol. The van der Waals surface area contributed by atoms with Gasteiger partial charge in [-0.15, -0.1) is 0 Å². The van der Waals surface area contributed by atoms with Crippen molar-refractivity contribution in [3.05, 3.63) is 23.4 Å². The van der Waals surface area contributed by atoms with Gasteiger partial charge in [-0.1, -0.05) is 0 Å². The molecule has 120 valence electrons. The summed E-state index contributed by atoms with van der Waals surface area (Å²) in [6, 6.07) is 3.44. The SMILES string of the molecule is CC(COC1CCOC1)Nc1nc(C(F)(F)F)ccc1C#N. The molecule has 1 aromatic rings. The van der Waals surface area contributed by atoms with Crippen LogP contribution in [-0.2, 0) is 15.7 Å². The van der Waals surface area contributed by atoms with Crippen molar-refractivity contribution in [2.45, 2.75) is 31.7 Å². The molecule has 0 saturated carbocycles. The molecule has 1 aromatic heterocycles. The summed E-state index contributed by atoms with van der Waals surface area (Å²) in [4.78, 5) is 3.50. The number of alkyl halides is 3. The summed E-state index contributed by atoms with van der Waals surface area (Å²) >= 11 is 0. The van der Waals surface area contributed by atoms with E-state index in [9.17, 15) is 13.2 Å². The van der Waals surface area contributed by atoms with Crippen LogP contribution < -0.4 is 5.32 Å². The number of aromatic nitrogens is 1. The number of nitriles is 1. The largest absolute Gasteiger partial charge is 0.433 e. The number of pyridine rings is 1.